The van der Waals surface area contributed by atoms with Crippen molar-refractivity contribution in [1.29, 1.82) is 0 Å². The van der Waals surface area contributed by atoms with Crippen LogP contribution in [0.3, 0.4) is 0 Å². The molecule has 0 aromatic heterocycles. The molecule has 35 heavy (non-hydrogen) atoms. The first kappa shape index (κ1) is 25.5. The molecule has 0 heterocycles. The number of hydrogen-bond donors (Lipinski definition) is 0. The third-order valence-electron chi connectivity index (χ3n) is 5.11. The molecular weight excluding hydrogens is 460 g/mol. The molecule has 0 aliphatic heterocycles. The number of fused-ring (bicyclic) bond motifs is 1. The maximum absolute atomic E-state index is 12.4. The zero-order valence-electron chi connectivity index (χ0n) is 19.5. The summed E-state index contributed by atoms with van der Waals surface area (Å²) in [6, 6.07) is 15.8. The highest BCUT2D eigenvalue weighted by Crippen LogP contribution is 2.30. The minimum Gasteiger partial charge on any atom is -0.497 e. The smallest absolute Gasteiger partial charge is 0.387 e. The lowest BCUT2D eigenvalue weighted by atomic mass is 10.1. The Morgan fingerprint density at radius 2 is 1.69 bits per heavy atom. The van der Waals surface area contributed by atoms with E-state index in [2.05, 4.69) is 4.74 Å². The van der Waals surface area contributed by atoms with Crippen LogP contribution in [0.25, 0.3) is 16.8 Å². The summed E-state index contributed by atoms with van der Waals surface area (Å²) in [7, 11) is 4.55. The van der Waals surface area contributed by atoms with Crippen LogP contribution in [0.5, 0.6) is 17.2 Å². The van der Waals surface area contributed by atoms with Crippen molar-refractivity contribution in [2.24, 2.45) is 0 Å². The van der Waals surface area contributed by atoms with E-state index >= 15 is 0 Å². The molecule has 1 amide bonds. The van der Waals surface area contributed by atoms with Crippen LogP contribution in [0.2, 0.25) is 0 Å². The van der Waals surface area contributed by atoms with Gasteiger partial charge in [-0.15, -0.1) is 0 Å². The van der Waals surface area contributed by atoms with E-state index in [1.165, 1.54) is 36.3 Å². The van der Waals surface area contributed by atoms with Gasteiger partial charge >= 0.3 is 12.6 Å². The second kappa shape index (κ2) is 11.8. The number of hydrogen-bond acceptors (Lipinski definition) is 6. The molecule has 0 aliphatic carbocycles. The first-order valence-corrected chi connectivity index (χ1v) is 10.6. The number of halogens is 2. The number of benzene rings is 3. The van der Waals surface area contributed by atoms with Gasteiger partial charge in [-0.25, -0.2) is 4.79 Å². The molecule has 3 rings (SSSR count). The summed E-state index contributed by atoms with van der Waals surface area (Å²) in [6.45, 7) is -3.06. The molecule has 0 saturated heterocycles. The number of ether oxygens (including phenoxy) is 4. The average Bonchev–Trinajstić information content (AvgIpc) is 2.85. The van der Waals surface area contributed by atoms with Gasteiger partial charge in [0.1, 0.15) is 5.75 Å². The Hall–Kier alpha value is -4.14. The maximum atomic E-state index is 12.4. The number of nitrogens with zero attached hydrogens (tertiary/aromatic N) is 1. The lowest BCUT2D eigenvalue weighted by Gasteiger charge is -2.17. The average molecular weight is 485 g/mol. The summed E-state index contributed by atoms with van der Waals surface area (Å²) in [4.78, 5) is 25.9. The van der Waals surface area contributed by atoms with E-state index in [1.54, 1.807) is 14.2 Å². The lowest BCUT2D eigenvalue weighted by molar-refractivity contribution is -0.147. The van der Waals surface area contributed by atoms with Crippen LogP contribution >= 0.6 is 0 Å². The largest absolute Gasteiger partial charge is 0.497 e. The van der Waals surface area contributed by atoms with Gasteiger partial charge in [-0.2, -0.15) is 8.78 Å². The molecule has 9 heteroatoms. The van der Waals surface area contributed by atoms with Crippen LogP contribution in [0.1, 0.15) is 11.1 Å². The SMILES string of the molecule is COc1ccc2cc(CN(C)C(=O)COC(=O)/C=C/c3ccc(OC(F)F)c(OC)c3)ccc2c1. The number of amides is 1. The Labute approximate surface area is 201 Å². The maximum Gasteiger partial charge on any atom is 0.387 e. The minimum absolute atomic E-state index is 0.0884. The number of methoxy groups -OCH3 is 2. The summed E-state index contributed by atoms with van der Waals surface area (Å²) in [5.41, 5.74) is 1.43. The molecular formula is C26H25F2NO6. The molecule has 0 fully saturated rings. The summed E-state index contributed by atoms with van der Waals surface area (Å²) in [6.07, 6.45) is 2.54. The van der Waals surface area contributed by atoms with Crippen molar-refractivity contribution in [2.45, 2.75) is 13.2 Å². The second-order valence-electron chi connectivity index (χ2n) is 7.53. The normalized spacial score (nSPS) is 11.0. The monoisotopic (exact) mass is 485 g/mol. The van der Waals surface area contributed by atoms with Gasteiger partial charge in [-0.05, 0) is 58.3 Å². The predicted molar refractivity (Wildman–Crippen MR) is 127 cm³/mol. The van der Waals surface area contributed by atoms with Gasteiger partial charge in [0.25, 0.3) is 5.91 Å². The lowest BCUT2D eigenvalue weighted by Crippen LogP contribution is -2.30. The molecule has 3 aromatic carbocycles. The summed E-state index contributed by atoms with van der Waals surface area (Å²) in [5, 5.41) is 2.04. The van der Waals surface area contributed by atoms with Crippen molar-refractivity contribution in [1.82, 2.24) is 4.90 Å². The van der Waals surface area contributed by atoms with Gasteiger partial charge in [-0.3, -0.25) is 4.79 Å². The Balaban J connectivity index is 1.52. The zero-order chi connectivity index (χ0) is 25.4. The van der Waals surface area contributed by atoms with Crippen LogP contribution < -0.4 is 14.2 Å². The number of carbonyl (C=O) groups is 2. The molecule has 0 bridgehead atoms. The molecule has 184 valence electrons. The highest BCUT2D eigenvalue weighted by molar-refractivity contribution is 5.89. The molecule has 0 N–H and O–H groups in total. The van der Waals surface area contributed by atoms with Crippen molar-refractivity contribution in [3.63, 3.8) is 0 Å². The standard InChI is InChI=1S/C26H25F2NO6/c1-29(15-18-4-7-20-14-21(32-2)9-8-19(20)12-18)24(30)16-34-25(31)11-6-17-5-10-22(35-26(27)28)23(13-17)33-3/h4-14,26H,15-16H2,1-3H3/b11-6+. The molecule has 0 spiro atoms. The summed E-state index contributed by atoms with van der Waals surface area (Å²) < 4.78 is 44.5. The van der Waals surface area contributed by atoms with E-state index in [9.17, 15) is 18.4 Å². The van der Waals surface area contributed by atoms with E-state index in [-0.39, 0.29) is 17.4 Å². The number of carbonyl (C=O) groups excluding carboxylic acids is 2. The third-order valence-corrected chi connectivity index (χ3v) is 5.11. The fourth-order valence-electron chi connectivity index (χ4n) is 3.30. The van der Waals surface area contributed by atoms with Crippen molar-refractivity contribution >= 4 is 28.7 Å². The minimum atomic E-state index is -2.98. The van der Waals surface area contributed by atoms with Crippen molar-refractivity contribution in [3.05, 3.63) is 71.8 Å². The molecule has 0 radical (unpaired) electrons. The molecule has 0 atom stereocenters. The molecule has 0 saturated carbocycles. The molecule has 0 aliphatic rings. The Bertz CT molecular complexity index is 1230. The van der Waals surface area contributed by atoms with Gasteiger partial charge < -0.3 is 23.8 Å². The topological polar surface area (TPSA) is 74.3 Å². The first-order valence-electron chi connectivity index (χ1n) is 10.6. The predicted octanol–water partition coefficient (Wildman–Crippen LogP) is 4.67. The van der Waals surface area contributed by atoms with Crippen molar-refractivity contribution < 1.29 is 37.3 Å². The number of alkyl halides is 2. The van der Waals surface area contributed by atoms with Crippen LogP contribution in [0, 0.1) is 0 Å². The van der Waals surface area contributed by atoms with Gasteiger partial charge in [-0.1, -0.05) is 24.3 Å². The fraction of sp³-hybridized carbons (Fsp3) is 0.231. The third kappa shape index (κ3) is 7.17. The van der Waals surface area contributed by atoms with Gasteiger partial charge in [0.15, 0.2) is 18.1 Å². The van der Waals surface area contributed by atoms with Crippen molar-refractivity contribution in [3.8, 4) is 17.2 Å². The van der Waals surface area contributed by atoms with E-state index in [0.717, 1.165) is 28.2 Å². The van der Waals surface area contributed by atoms with E-state index in [0.29, 0.717) is 12.1 Å². The number of rotatable bonds is 10. The van der Waals surface area contributed by atoms with E-state index in [4.69, 9.17) is 14.2 Å². The van der Waals surface area contributed by atoms with Crippen LogP contribution in [0.15, 0.2) is 60.7 Å². The Kier molecular flexibility index (Phi) is 8.61. The van der Waals surface area contributed by atoms with E-state index in [1.807, 2.05) is 36.4 Å². The van der Waals surface area contributed by atoms with Crippen LogP contribution in [-0.4, -0.2) is 51.3 Å². The number of esters is 1. The molecule has 3 aromatic rings. The molecule has 0 unspecified atom stereocenters. The highest BCUT2D eigenvalue weighted by atomic mass is 19.3. The van der Waals surface area contributed by atoms with Gasteiger partial charge in [0.05, 0.1) is 14.2 Å². The van der Waals surface area contributed by atoms with Crippen molar-refractivity contribution in [2.75, 3.05) is 27.9 Å². The Morgan fingerprint density at radius 3 is 2.40 bits per heavy atom. The molecule has 7 nitrogen and oxygen atoms in total. The van der Waals surface area contributed by atoms with Crippen LogP contribution in [-0.2, 0) is 20.9 Å². The summed E-state index contributed by atoms with van der Waals surface area (Å²) >= 11 is 0. The van der Waals surface area contributed by atoms with E-state index < -0.39 is 19.2 Å². The number of likely N-dealkylation sites (N-methyl/N-ethyl adjacent to an activating group) is 1. The quantitative estimate of drug-likeness (QED) is 0.307. The zero-order valence-corrected chi connectivity index (χ0v) is 19.5. The van der Waals surface area contributed by atoms with Gasteiger partial charge in [0.2, 0.25) is 0 Å². The first-order chi connectivity index (χ1) is 16.8. The fourth-order valence-corrected chi connectivity index (χ4v) is 3.30. The van der Waals surface area contributed by atoms with Gasteiger partial charge in [0, 0.05) is 19.7 Å². The van der Waals surface area contributed by atoms with Crippen LogP contribution in [0.4, 0.5) is 8.78 Å². The second-order valence-corrected chi connectivity index (χ2v) is 7.53. The summed E-state index contributed by atoms with van der Waals surface area (Å²) in [5.74, 6) is -0.354. The highest BCUT2D eigenvalue weighted by Gasteiger charge is 2.13. The Morgan fingerprint density at radius 1 is 0.943 bits per heavy atom.